The van der Waals surface area contributed by atoms with E-state index in [0.29, 0.717) is 6.54 Å². The maximum atomic E-state index is 11.8. The lowest BCUT2D eigenvalue weighted by atomic mass is 10.0. The number of likely N-dealkylation sites (N-methyl/N-ethyl adjacent to an activating group) is 1. The summed E-state index contributed by atoms with van der Waals surface area (Å²) in [7, 11) is 1.78. The molecule has 2 rings (SSSR count). The van der Waals surface area contributed by atoms with Crippen LogP contribution in [0.25, 0.3) is 0 Å². The van der Waals surface area contributed by atoms with Gasteiger partial charge in [0, 0.05) is 18.1 Å². The summed E-state index contributed by atoms with van der Waals surface area (Å²) in [6.07, 6.45) is 0. The van der Waals surface area contributed by atoms with Crippen molar-refractivity contribution in [3.05, 3.63) is 28.2 Å². The van der Waals surface area contributed by atoms with Crippen LogP contribution in [0.3, 0.4) is 0 Å². The standard InChI is InChI=1S/C10H11BrN2O/c1-13-9-6(3-2-4-8(9)11)7(5-12)10(13)14/h2-4,7H,5,12H2,1H3. The van der Waals surface area contributed by atoms with Gasteiger partial charge in [-0.2, -0.15) is 0 Å². The van der Waals surface area contributed by atoms with Crippen molar-refractivity contribution < 1.29 is 4.79 Å². The minimum Gasteiger partial charge on any atom is -0.329 e. The first-order chi connectivity index (χ1) is 6.66. The molecule has 0 fully saturated rings. The number of halogens is 1. The van der Waals surface area contributed by atoms with E-state index in [9.17, 15) is 4.79 Å². The summed E-state index contributed by atoms with van der Waals surface area (Å²) >= 11 is 3.44. The van der Waals surface area contributed by atoms with Gasteiger partial charge in [0.25, 0.3) is 0 Å². The molecular formula is C10H11BrN2O. The molecule has 1 amide bonds. The lowest BCUT2D eigenvalue weighted by molar-refractivity contribution is -0.118. The summed E-state index contributed by atoms with van der Waals surface area (Å²) in [6.45, 7) is 0.368. The van der Waals surface area contributed by atoms with E-state index in [0.717, 1.165) is 15.7 Å². The number of hydrogen-bond acceptors (Lipinski definition) is 2. The van der Waals surface area contributed by atoms with Crippen LogP contribution >= 0.6 is 15.9 Å². The number of anilines is 1. The maximum absolute atomic E-state index is 11.8. The molecule has 0 aromatic heterocycles. The Balaban J connectivity index is 2.61. The smallest absolute Gasteiger partial charge is 0.235 e. The molecule has 3 nitrogen and oxygen atoms in total. The van der Waals surface area contributed by atoms with Crippen LogP contribution in [0.15, 0.2) is 22.7 Å². The van der Waals surface area contributed by atoms with Crippen LogP contribution in [-0.4, -0.2) is 19.5 Å². The van der Waals surface area contributed by atoms with Crippen molar-refractivity contribution >= 4 is 27.5 Å². The molecule has 1 aromatic rings. The molecule has 1 aromatic carbocycles. The third-order valence-corrected chi connectivity index (χ3v) is 3.23. The molecule has 1 aliphatic heterocycles. The van der Waals surface area contributed by atoms with Gasteiger partial charge in [-0.25, -0.2) is 0 Å². The molecule has 0 bridgehead atoms. The van der Waals surface area contributed by atoms with E-state index in [1.54, 1.807) is 11.9 Å². The van der Waals surface area contributed by atoms with Crippen molar-refractivity contribution in [1.82, 2.24) is 0 Å². The first-order valence-corrected chi connectivity index (χ1v) is 5.22. The van der Waals surface area contributed by atoms with Gasteiger partial charge in [0.05, 0.1) is 11.6 Å². The molecule has 0 radical (unpaired) electrons. The fourth-order valence-corrected chi connectivity index (χ4v) is 2.52. The van der Waals surface area contributed by atoms with Crippen molar-refractivity contribution in [3.63, 3.8) is 0 Å². The van der Waals surface area contributed by atoms with Gasteiger partial charge in [-0.3, -0.25) is 4.79 Å². The number of para-hydroxylation sites is 1. The van der Waals surface area contributed by atoms with Gasteiger partial charge in [-0.1, -0.05) is 12.1 Å². The lowest BCUT2D eigenvalue weighted by Crippen LogP contribution is -2.27. The summed E-state index contributed by atoms with van der Waals surface area (Å²) in [5.74, 6) is -0.0955. The highest BCUT2D eigenvalue weighted by atomic mass is 79.9. The topological polar surface area (TPSA) is 46.3 Å². The summed E-state index contributed by atoms with van der Waals surface area (Å²) in [6, 6.07) is 5.82. The van der Waals surface area contributed by atoms with E-state index in [1.165, 1.54) is 0 Å². The molecule has 4 heteroatoms. The monoisotopic (exact) mass is 254 g/mol. The predicted molar refractivity (Wildman–Crippen MR) is 59.3 cm³/mol. The quantitative estimate of drug-likeness (QED) is 0.825. The molecule has 0 spiro atoms. The van der Waals surface area contributed by atoms with Crippen LogP contribution in [0.2, 0.25) is 0 Å². The molecule has 14 heavy (non-hydrogen) atoms. The summed E-state index contributed by atoms with van der Waals surface area (Å²) in [5, 5.41) is 0. The van der Waals surface area contributed by atoms with Gasteiger partial charge >= 0.3 is 0 Å². The fraction of sp³-hybridized carbons (Fsp3) is 0.300. The highest BCUT2D eigenvalue weighted by Crippen LogP contribution is 2.40. The Morgan fingerprint density at radius 3 is 2.93 bits per heavy atom. The number of carbonyl (C=O) groups excluding carboxylic acids is 1. The Hall–Kier alpha value is -0.870. The average Bonchev–Trinajstić information content (AvgIpc) is 2.41. The Labute approximate surface area is 91.0 Å². The fourth-order valence-electron chi connectivity index (χ4n) is 1.87. The summed E-state index contributed by atoms with van der Waals surface area (Å²) < 4.78 is 0.946. The molecule has 0 saturated carbocycles. The van der Waals surface area contributed by atoms with Crippen LogP contribution in [0.1, 0.15) is 11.5 Å². The maximum Gasteiger partial charge on any atom is 0.235 e. The molecule has 74 valence electrons. The highest BCUT2D eigenvalue weighted by molar-refractivity contribution is 9.10. The van der Waals surface area contributed by atoms with Crippen LogP contribution in [0.5, 0.6) is 0 Å². The van der Waals surface area contributed by atoms with Crippen LogP contribution in [-0.2, 0) is 4.79 Å². The molecule has 1 heterocycles. The molecule has 0 aliphatic carbocycles. The molecule has 2 N–H and O–H groups in total. The third kappa shape index (κ3) is 1.18. The Morgan fingerprint density at radius 1 is 1.57 bits per heavy atom. The normalized spacial score (nSPS) is 20.1. The van der Waals surface area contributed by atoms with Crippen LogP contribution < -0.4 is 10.6 Å². The largest absolute Gasteiger partial charge is 0.329 e. The predicted octanol–water partition coefficient (Wildman–Crippen LogP) is 1.47. The molecule has 0 saturated heterocycles. The minimum atomic E-state index is -0.174. The Morgan fingerprint density at radius 2 is 2.29 bits per heavy atom. The average molecular weight is 255 g/mol. The second-order valence-corrected chi connectivity index (χ2v) is 4.22. The molecular weight excluding hydrogens is 244 g/mol. The van der Waals surface area contributed by atoms with E-state index in [1.807, 2.05) is 18.2 Å². The zero-order valence-corrected chi connectivity index (χ0v) is 9.41. The first kappa shape index (κ1) is 9.68. The zero-order chi connectivity index (χ0) is 10.3. The van der Waals surface area contributed by atoms with Crippen molar-refractivity contribution in [2.45, 2.75) is 5.92 Å². The van der Waals surface area contributed by atoms with Gasteiger partial charge in [0.2, 0.25) is 5.91 Å². The van der Waals surface area contributed by atoms with E-state index < -0.39 is 0 Å². The number of carbonyl (C=O) groups is 1. The number of amides is 1. The van der Waals surface area contributed by atoms with Crippen molar-refractivity contribution in [3.8, 4) is 0 Å². The van der Waals surface area contributed by atoms with Gasteiger partial charge < -0.3 is 10.6 Å². The van der Waals surface area contributed by atoms with Crippen molar-refractivity contribution in [1.29, 1.82) is 0 Å². The van der Waals surface area contributed by atoms with Gasteiger partial charge in [-0.05, 0) is 27.6 Å². The SMILES string of the molecule is CN1C(=O)C(CN)c2cccc(Br)c21. The summed E-state index contributed by atoms with van der Waals surface area (Å²) in [4.78, 5) is 13.4. The summed E-state index contributed by atoms with van der Waals surface area (Å²) in [5.41, 5.74) is 7.56. The third-order valence-electron chi connectivity index (χ3n) is 2.59. The molecule has 1 atom stereocenters. The number of fused-ring (bicyclic) bond motifs is 1. The minimum absolute atomic E-state index is 0.0781. The highest BCUT2D eigenvalue weighted by Gasteiger charge is 2.35. The Kier molecular flexibility index (Phi) is 2.33. The van der Waals surface area contributed by atoms with Crippen LogP contribution in [0, 0.1) is 0 Å². The second-order valence-electron chi connectivity index (χ2n) is 3.36. The molecule has 1 unspecified atom stereocenters. The Bertz CT molecular complexity index is 392. The van der Waals surface area contributed by atoms with E-state index in [2.05, 4.69) is 15.9 Å². The van der Waals surface area contributed by atoms with Crippen molar-refractivity contribution in [2.24, 2.45) is 5.73 Å². The van der Waals surface area contributed by atoms with Gasteiger partial charge in [-0.15, -0.1) is 0 Å². The molecule has 1 aliphatic rings. The number of hydrogen-bond donors (Lipinski definition) is 1. The first-order valence-electron chi connectivity index (χ1n) is 4.43. The van der Waals surface area contributed by atoms with Crippen LogP contribution in [0.4, 0.5) is 5.69 Å². The van der Waals surface area contributed by atoms with E-state index in [-0.39, 0.29) is 11.8 Å². The zero-order valence-electron chi connectivity index (χ0n) is 7.83. The van der Waals surface area contributed by atoms with Gasteiger partial charge in [0.15, 0.2) is 0 Å². The van der Waals surface area contributed by atoms with Crippen molar-refractivity contribution in [2.75, 3.05) is 18.5 Å². The number of benzene rings is 1. The lowest BCUT2D eigenvalue weighted by Gasteiger charge is -2.11. The van der Waals surface area contributed by atoms with Gasteiger partial charge in [0.1, 0.15) is 0 Å². The number of nitrogens with zero attached hydrogens (tertiary/aromatic N) is 1. The number of rotatable bonds is 1. The van der Waals surface area contributed by atoms with E-state index in [4.69, 9.17) is 5.73 Å². The van der Waals surface area contributed by atoms with E-state index >= 15 is 0 Å². The second kappa shape index (κ2) is 3.37. The number of nitrogens with two attached hydrogens (primary N) is 1.